The summed E-state index contributed by atoms with van der Waals surface area (Å²) in [4.78, 5) is 23.0. The van der Waals surface area contributed by atoms with Gasteiger partial charge >= 0.3 is 5.97 Å². The highest BCUT2D eigenvalue weighted by Crippen LogP contribution is 2.27. The molecule has 0 bridgehead atoms. The molecule has 0 radical (unpaired) electrons. The molecule has 3 aromatic rings. The Morgan fingerprint density at radius 2 is 1.86 bits per heavy atom. The molecule has 0 aliphatic heterocycles. The van der Waals surface area contributed by atoms with Crippen molar-refractivity contribution in [2.75, 3.05) is 12.4 Å². The van der Waals surface area contributed by atoms with Crippen LogP contribution in [0.4, 0.5) is 0 Å². The van der Waals surface area contributed by atoms with E-state index < -0.39 is 12.6 Å². The third-order valence-corrected chi connectivity index (χ3v) is 6.00. The first-order valence-corrected chi connectivity index (χ1v) is 12.1. The van der Waals surface area contributed by atoms with Gasteiger partial charge in [0.25, 0.3) is 5.91 Å². The van der Waals surface area contributed by atoms with Crippen LogP contribution >= 0.6 is 11.8 Å². The van der Waals surface area contributed by atoms with Crippen molar-refractivity contribution >= 4 is 29.9 Å². The van der Waals surface area contributed by atoms with E-state index in [-0.39, 0.29) is 17.1 Å². The molecule has 0 saturated carbocycles. The van der Waals surface area contributed by atoms with Gasteiger partial charge in [-0.1, -0.05) is 68.9 Å². The van der Waals surface area contributed by atoms with Crippen LogP contribution in [0, 0.1) is 0 Å². The first-order valence-electron chi connectivity index (χ1n) is 11.1. The molecule has 0 unspecified atom stereocenters. The third-order valence-electron chi connectivity index (χ3n) is 5.04. The Morgan fingerprint density at radius 1 is 1.14 bits per heavy atom. The number of carboxylic acids is 1. The van der Waals surface area contributed by atoms with Gasteiger partial charge in [-0.2, -0.15) is 5.10 Å². The van der Waals surface area contributed by atoms with Crippen LogP contribution in [0.15, 0.2) is 58.8 Å². The number of amides is 1. The van der Waals surface area contributed by atoms with Crippen molar-refractivity contribution in [3.63, 3.8) is 0 Å². The molecule has 10 heteroatoms. The number of aliphatic carboxylic acids is 1. The van der Waals surface area contributed by atoms with Crippen LogP contribution < -0.4 is 10.2 Å². The Labute approximate surface area is 208 Å². The Bertz CT molecular complexity index is 1200. The summed E-state index contributed by atoms with van der Waals surface area (Å²) < 4.78 is 7.20. The number of hydrazone groups is 1. The summed E-state index contributed by atoms with van der Waals surface area (Å²) in [6, 6.07) is 15.1. The number of benzene rings is 2. The minimum atomic E-state index is -1.08. The van der Waals surface area contributed by atoms with E-state index in [0.717, 1.165) is 11.4 Å². The average Bonchev–Trinajstić information content (AvgIpc) is 3.24. The van der Waals surface area contributed by atoms with Gasteiger partial charge in [-0.15, -0.1) is 10.2 Å². The molecule has 1 heterocycles. The number of ether oxygens (including phenoxy) is 1. The molecule has 35 heavy (non-hydrogen) atoms. The smallest absolute Gasteiger partial charge is 0.341 e. The maximum absolute atomic E-state index is 12.3. The van der Waals surface area contributed by atoms with Crippen molar-refractivity contribution < 1.29 is 19.4 Å². The van der Waals surface area contributed by atoms with Gasteiger partial charge in [-0.25, -0.2) is 10.2 Å². The topological polar surface area (TPSA) is 119 Å². The highest BCUT2D eigenvalue weighted by molar-refractivity contribution is 7.99. The molecule has 0 atom stereocenters. The van der Waals surface area contributed by atoms with Gasteiger partial charge in [0.05, 0.1) is 12.0 Å². The zero-order valence-electron chi connectivity index (χ0n) is 20.2. The highest BCUT2D eigenvalue weighted by atomic mass is 32.2. The zero-order chi connectivity index (χ0) is 25.4. The lowest BCUT2D eigenvalue weighted by atomic mass is 9.87. The first-order chi connectivity index (χ1) is 16.7. The van der Waals surface area contributed by atoms with Gasteiger partial charge in [0.15, 0.2) is 17.6 Å². The fraction of sp³-hybridized carbons (Fsp3) is 0.320. The second-order valence-corrected chi connectivity index (χ2v) is 9.62. The number of hydrogen-bond acceptors (Lipinski definition) is 7. The van der Waals surface area contributed by atoms with Gasteiger partial charge in [0.1, 0.15) is 5.75 Å². The van der Waals surface area contributed by atoms with Crippen molar-refractivity contribution in [3.05, 3.63) is 59.7 Å². The summed E-state index contributed by atoms with van der Waals surface area (Å²) in [6.45, 7) is 8.73. The number of thioether (sulfide) groups is 1. The van der Waals surface area contributed by atoms with Gasteiger partial charge < -0.3 is 14.4 Å². The standard InChI is InChI=1S/C25H29N5O4S/c1-5-30-23(17-10-12-19(13-11-17)25(2,3)4)28-29-24(30)35-16-21(31)27-26-14-18-8-6-7-9-20(18)34-15-22(32)33/h6-14H,5,15-16H2,1-4H3,(H,27,31)(H,32,33). The minimum Gasteiger partial charge on any atom is -0.481 e. The van der Waals surface area contributed by atoms with E-state index in [2.05, 4.69) is 53.6 Å². The molecule has 0 spiro atoms. The number of nitrogens with one attached hydrogen (secondary N) is 1. The quantitative estimate of drug-likeness (QED) is 0.248. The lowest BCUT2D eigenvalue weighted by molar-refractivity contribution is -0.139. The van der Waals surface area contributed by atoms with Gasteiger partial charge in [-0.3, -0.25) is 4.79 Å². The predicted molar refractivity (Wildman–Crippen MR) is 136 cm³/mol. The van der Waals surface area contributed by atoms with Crippen LogP contribution in [0.5, 0.6) is 5.75 Å². The van der Waals surface area contributed by atoms with Crippen LogP contribution in [0.2, 0.25) is 0 Å². The van der Waals surface area contributed by atoms with Crippen molar-refractivity contribution in [1.82, 2.24) is 20.2 Å². The molecule has 2 aromatic carbocycles. The Balaban J connectivity index is 1.60. The van der Waals surface area contributed by atoms with E-state index in [1.165, 1.54) is 23.5 Å². The molecule has 0 aliphatic carbocycles. The van der Waals surface area contributed by atoms with Gasteiger partial charge in [0.2, 0.25) is 0 Å². The number of rotatable bonds is 10. The number of nitrogens with zero attached hydrogens (tertiary/aromatic N) is 4. The zero-order valence-corrected chi connectivity index (χ0v) is 21.0. The van der Waals surface area contributed by atoms with Crippen molar-refractivity contribution in [2.24, 2.45) is 5.10 Å². The molecule has 9 nitrogen and oxygen atoms in total. The number of carbonyl (C=O) groups is 2. The number of carbonyl (C=O) groups excluding carboxylic acids is 1. The highest BCUT2D eigenvalue weighted by Gasteiger charge is 2.17. The molecular weight excluding hydrogens is 466 g/mol. The maximum atomic E-state index is 12.3. The van der Waals surface area contributed by atoms with Crippen LogP contribution in [0.25, 0.3) is 11.4 Å². The number of para-hydroxylation sites is 1. The lowest BCUT2D eigenvalue weighted by Gasteiger charge is -2.19. The summed E-state index contributed by atoms with van der Waals surface area (Å²) >= 11 is 1.28. The maximum Gasteiger partial charge on any atom is 0.341 e. The van der Waals surface area contributed by atoms with Gasteiger partial charge in [0, 0.05) is 17.7 Å². The van der Waals surface area contributed by atoms with Crippen molar-refractivity contribution in [1.29, 1.82) is 0 Å². The van der Waals surface area contributed by atoms with E-state index in [4.69, 9.17) is 9.84 Å². The third kappa shape index (κ3) is 7.16. The SMILES string of the molecule is CCn1c(SCC(=O)NN=Cc2ccccc2OCC(=O)O)nnc1-c1ccc(C(C)(C)C)cc1. The molecule has 184 valence electrons. The molecule has 1 amide bonds. The summed E-state index contributed by atoms with van der Waals surface area (Å²) in [6.07, 6.45) is 1.41. The molecule has 3 rings (SSSR count). The Morgan fingerprint density at radius 3 is 2.51 bits per heavy atom. The first kappa shape index (κ1) is 26.0. The van der Waals surface area contributed by atoms with E-state index in [0.29, 0.717) is 23.0 Å². The molecule has 2 N–H and O–H groups in total. The summed E-state index contributed by atoms with van der Waals surface area (Å²) in [5.74, 6) is -0.160. The Kier molecular flexibility index (Phi) is 8.64. The van der Waals surface area contributed by atoms with E-state index in [9.17, 15) is 9.59 Å². The van der Waals surface area contributed by atoms with Crippen molar-refractivity contribution in [3.8, 4) is 17.1 Å². The van der Waals surface area contributed by atoms with E-state index in [1.807, 2.05) is 23.6 Å². The van der Waals surface area contributed by atoms with E-state index in [1.54, 1.807) is 24.3 Å². The summed E-state index contributed by atoms with van der Waals surface area (Å²) in [7, 11) is 0. The normalized spacial score (nSPS) is 11.5. The average molecular weight is 496 g/mol. The monoisotopic (exact) mass is 495 g/mol. The summed E-state index contributed by atoms with van der Waals surface area (Å²) in [5.41, 5.74) is 5.30. The van der Waals surface area contributed by atoms with Crippen LogP contribution in [-0.2, 0) is 21.5 Å². The largest absolute Gasteiger partial charge is 0.481 e. The molecular formula is C25H29N5O4S. The molecule has 1 aromatic heterocycles. The summed E-state index contributed by atoms with van der Waals surface area (Å²) in [5, 5.41) is 22.0. The van der Waals surface area contributed by atoms with Crippen LogP contribution in [0.3, 0.4) is 0 Å². The fourth-order valence-corrected chi connectivity index (χ4v) is 4.00. The van der Waals surface area contributed by atoms with Crippen molar-refractivity contribution in [2.45, 2.75) is 44.8 Å². The van der Waals surface area contributed by atoms with E-state index >= 15 is 0 Å². The number of hydrogen-bond donors (Lipinski definition) is 2. The lowest BCUT2D eigenvalue weighted by Crippen LogP contribution is -2.20. The fourth-order valence-electron chi connectivity index (χ4n) is 3.21. The molecule has 0 aliphatic rings. The second kappa shape index (κ2) is 11.7. The van der Waals surface area contributed by atoms with Gasteiger partial charge in [-0.05, 0) is 30.0 Å². The number of aromatic nitrogens is 3. The van der Waals surface area contributed by atoms with Crippen LogP contribution in [0.1, 0.15) is 38.8 Å². The molecule has 0 fully saturated rings. The number of carboxylic acid groups (broad SMARTS) is 1. The Hall–Kier alpha value is -3.66. The molecule has 0 saturated heterocycles. The predicted octanol–water partition coefficient (Wildman–Crippen LogP) is 3.97. The van der Waals surface area contributed by atoms with Crippen LogP contribution in [-0.4, -0.2) is 50.3 Å². The minimum absolute atomic E-state index is 0.0708. The second-order valence-electron chi connectivity index (χ2n) is 8.68.